The summed E-state index contributed by atoms with van der Waals surface area (Å²) >= 11 is 3.75. The SMILES string of the molecule is C[C@@H](OP1N(C[Si](C)(C)C)[C@@H]2CCCC[C@H]2N1C[Si](C)(C)C)c1ccccc1Br. The van der Waals surface area contributed by atoms with Crippen molar-refractivity contribution in [3.8, 4) is 0 Å². The summed E-state index contributed by atoms with van der Waals surface area (Å²) in [5.41, 5.74) is 1.27. The van der Waals surface area contributed by atoms with E-state index in [2.05, 4.69) is 95.7 Å². The second kappa shape index (κ2) is 9.52. The van der Waals surface area contributed by atoms with E-state index in [-0.39, 0.29) is 6.10 Å². The van der Waals surface area contributed by atoms with Gasteiger partial charge in [0.05, 0.1) is 22.3 Å². The lowest BCUT2D eigenvalue weighted by Gasteiger charge is -2.37. The van der Waals surface area contributed by atoms with Gasteiger partial charge in [-0.25, -0.2) is 9.34 Å². The fraction of sp³-hybridized carbons (Fsp3) is 0.727. The molecule has 3 rings (SSSR count). The van der Waals surface area contributed by atoms with Crippen molar-refractivity contribution in [2.24, 2.45) is 0 Å². The number of nitrogens with zero attached hydrogens (tertiary/aromatic N) is 2. The molecule has 0 spiro atoms. The van der Waals surface area contributed by atoms with Crippen LogP contribution in [0.5, 0.6) is 0 Å². The van der Waals surface area contributed by atoms with Gasteiger partial charge in [0.2, 0.25) is 0 Å². The maximum absolute atomic E-state index is 7.02. The third-order valence-corrected chi connectivity index (χ3v) is 11.9. The van der Waals surface area contributed by atoms with Crippen LogP contribution in [0.1, 0.15) is 44.3 Å². The fourth-order valence-corrected chi connectivity index (χ4v) is 13.2. The summed E-state index contributed by atoms with van der Waals surface area (Å²) in [6, 6.07) is 9.95. The average Bonchev–Trinajstić information content (AvgIpc) is 2.86. The van der Waals surface area contributed by atoms with Gasteiger partial charge in [-0.2, -0.15) is 0 Å². The molecule has 0 N–H and O–H groups in total. The summed E-state index contributed by atoms with van der Waals surface area (Å²) in [7, 11) is -3.18. The molecule has 2 fully saturated rings. The smallest absolute Gasteiger partial charge is 0.188 e. The number of fused-ring (bicyclic) bond motifs is 1. The van der Waals surface area contributed by atoms with Gasteiger partial charge in [0.25, 0.3) is 0 Å². The number of benzene rings is 1. The minimum absolute atomic E-state index is 0.102. The van der Waals surface area contributed by atoms with Crippen molar-refractivity contribution >= 4 is 40.5 Å². The van der Waals surface area contributed by atoms with E-state index in [0.29, 0.717) is 12.1 Å². The highest BCUT2D eigenvalue weighted by Crippen LogP contribution is 2.60. The average molecular weight is 516 g/mol. The Kier molecular flexibility index (Phi) is 7.91. The zero-order valence-electron chi connectivity index (χ0n) is 19.4. The Morgan fingerprint density at radius 3 is 1.90 bits per heavy atom. The molecular weight excluding hydrogens is 475 g/mol. The normalized spacial score (nSPS) is 25.9. The van der Waals surface area contributed by atoms with Gasteiger partial charge in [0.1, 0.15) is 0 Å². The van der Waals surface area contributed by atoms with Crippen LogP contribution in [0.4, 0.5) is 0 Å². The van der Waals surface area contributed by atoms with Crippen molar-refractivity contribution in [1.82, 2.24) is 9.34 Å². The van der Waals surface area contributed by atoms with Crippen LogP contribution in [0.15, 0.2) is 28.7 Å². The lowest BCUT2D eigenvalue weighted by Crippen LogP contribution is -2.46. The van der Waals surface area contributed by atoms with Crippen molar-refractivity contribution in [3.63, 3.8) is 0 Å². The van der Waals surface area contributed by atoms with Crippen LogP contribution in [-0.4, -0.2) is 49.9 Å². The zero-order valence-corrected chi connectivity index (χ0v) is 23.9. The first-order valence-electron chi connectivity index (χ1n) is 11.2. The minimum Gasteiger partial charge on any atom is -0.323 e. The fourth-order valence-electron chi connectivity index (χ4n) is 4.64. The number of rotatable bonds is 7. The molecule has 1 saturated carbocycles. The Hall–Kier alpha value is 0.444. The first-order chi connectivity index (χ1) is 13.5. The molecule has 7 heteroatoms. The highest BCUT2D eigenvalue weighted by molar-refractivity contribution is 9.10. The largest absolute Gasteiger partial charge is 0.323 e. The van der Waals surface area contributed by atoms with Gasteiger partial charge in [0, 0.05) is 16.6 Å². The summed E-state index contributed by atoms with van der Waals surface area (Å²) in [5, 5.41) is 0. The van der Waals surface area contributed by atoms with E-state index in [1.807, 2.05) is 0 Å². The number of hydrogen-bond donors (Lipinski definition) is 0. The third-order valence-electron chi connectivity index (χ3n) is 5.77. The van der Waals surface area contributed by atoms with Crippen LogP contribution in [0.25, 0.3) is 0 Å². The van der Waals surface area contributed by atoms with Crippen molar-refractivity contribution in [2.45, 2.75) is 90.1 Å². The molecule has 3 nitrogen and oxygen atoms in total. The van der Waals surface area contributed by atoms with Crippen LogP contribution in [-0.2, 0) is 4.52 Å². The number of hydrogen-bond acceptors (Lipinski definition) is 3. The van der Waals surface area contributed by atoms with Gasteiger partial charge >= 0.3 is 0 Å². The van der Waals surface area contributed by atoms with Gasteiger partial charge in [-0.05, 0) is 43.7 Å². The van der Waals surface area contributed by atoms with Crippen molar-refractivity contribution in [3.05, 3.63) is 34.3 Å². The molecular formula is C22H40BrN2OPSi2. The molecule has 1 aliphatic heterocycles. The molecule has 164 valence electrons. The van der Waals surface area contributed by atoms with E-state index in [0.717, 1.165) is 4.47 Å². The second-order valence-electron chi connectivity index (χ2n) is 11.3. The molecule has 29 heavy (non-hydrogen) atoms. The molecule has 0 unspecified atom stereocenters. The van der Waals surface area contributed by atoms with Crippen LogP contribution in [0.2, 0.25) is 39.3 Å². The molecule has 0 radical (unpaired) electrons. The van der Waals surface area contributed by atoms with Gasteiger partial charge in [-0.15, -0.1) is 0 Å². The Bertz CT molecular complexity index is 662. The highest BCUT2D eigenvalue weighted by Gasteiger charge is 2.51. The number of halogens is 1. The van der Waals surface area contributed by atoms with Crippen molar-refractivity contribution < 1.29 is 4.52 Å². The van der Waals surface area contributed by atoms with Crippen LogP contribution in [0, 0.1) is 0 Å². The van der Waals surface area contributed by atoms with Crippen molar-refractivity contribution in [2.75, 3.05) is 12.3 Å². The van der Waals surface area contributed by atoms with E-state index in [9.17, 15) is 0 Å². The predicted octanol–water partition coefficient (Wildman–Crippen LogP) is 7.44. The van der Waals surface area contributed by atoms with Crippen LogP contribution < -0.4 is 0 Å². The van der Waals surface area contributed by atoms with Gasteiger partial charge in [0.15, 0.2) is 8.45 Å². The molecule has 1 aromatic rings. The van der Waals surface area contributed by atoms with Gasteiger partial charge < -0.3 is 4.52 Å². The zero-order chi connectivity index (χ0) is 21.4. The van der Waals surface area contributed by atoms with E-state index in [1.165, 1.54) is 43.6 Å². The molecule has 3 atom stereocenters. The molecule has 2 aliphatic rings. The first-order valence-corrected chi connectivity index (χ1v) is 20.6. The summed E-state index contributed by atoms with van der Waals surface area (Å²) in [4.78, 5) is 0. The third kappa shape index (κ3) is 6.24. The molecule has 1 aromatic carbocycles. The van der Waals surface area contributed by atoms with Crippen LogP contribution in [0.3, 0.4) is 0 Å². The van der Waals surface area contributed by atoms with Gasteiger partial charge in [-0.3, -0.25) is 0 Å². The molecule has 1 heterocycles. The summed E-state index contributed by atoms with van der Waals surface area (Å²) < 4.78 is 13.9. The standard InChI is InChI=1S/C22H40BrN2OPSi2/c1-18(19-12-8-9-13-20(19)23)26-27-24(16-28(2,3)4)21-14-10-11-15-22(21)25(27)17-29(5,6)7/h8-9,12-13,18,21-22H,10-11,14-17H2,1-7H3/t18-,21-,22-/m1/s1. The topological polar surface area (TPSA) is 15.7 Å². The second-order valence-corrected chi connectivity index (χ2v) is 24.7. The van der Waals surface area contributed by atoms with Crippen LogP contribution >= 0.6 is 24.4 Å². The monoisotopic (exact) mass is 514 g/mol. The summed E-state index contributed by atoms with van der Waals surface area (Å²) in [6.45, 7) is 17.3. The molecule has 1 aliphatic carbocycles. The van der Waals surface area contributed by atoms with E-state index in [1.54, 1.807) is 0 Å². The first kappa shape index (κ1) is 24.1. The predicted molar refractivity (Wildman–Crippen MR) is 137 cm³/mol. The molecule has 1 saturated heterocycles. The highest BCUT2D eigenvalue weighted by atomic mass is 79.9. The summed E-state index contributed by atoms with van der Waals surface area (Å²) in [6.07, 6.45) is 8.08. The Morgan fingerprint density at radius 1 is 0.966 bits per heavy atom. The van der Waals surface area contributed by atoms with E-state index >= 15 is 0 Å². The summed E-state index contributed by atoms with van der Waals surface area (Å²) in [5.74, 6) is 0. The Morgan fingerprint density at radius 2 is 1.45 bits per heavy atom. The van der Waals surface area contributed by atoms with E-state index < -0.39 is 24.6 Å². The molecule has 0 aromatic heterocycles. The van der Waals surface area contributed by atoms with E-state index in [4.69, 9.17) is 4.52 Å². The maximum Gasteiger partial charge on any atom is 0.188 e. The quantitative estimate of drug-likeness (QED) is 0.277. The molecule has 0 bridgehead atoms. The lowest BCUT2D eigenvalue weighted by atomic mass is 9.90. The Balaban J connectivity index is 1.92. The van der Waals surface area contributed by atoms with Gasteiger partial charge in [-0.1, -0.05) is 86.3 Å². The molecule has 0 amide bonds. The van der Waals surface area contributed by atoms with Crippen molar-refractivity contribution in [1.29, 1.82) is 0 Å². The Labute approximate surface area is 190 Å². The maximum atomic E-state index is 7.02. The lowest BCUT2D eigenvalue weighted by molar-refractivity contribution is 0.219. The minimum atomic E-state index is -1.23.